The van der Waals surface area contributed by atoms with Gasteiger partial charge in [-0.1, -0.05) is 92.2 Å². The topological polar surface area (TPSA) is 86.8 Å². The summed E-state index contributed by atoms with van der Waals surface area (Å²) in [7, 11) is -4.55. The molecule has 0 heterocycles. The van der Waals surface area contributed by atoms with E-state index in [0.29, 0.717) is 27.5 Å². The van der Waals surface area contributed by atoms with Gasteiger partial charge >= 0.3 is 6.18 Å². The maximum Gasteiger partial charge on any atom is 0.416 e. The Morgan fingerprint density at radius 2 is 1.45 bits per heavy atom. The Hall–Kier alpha value is -4.35. The highest BCUT2D eigenvalue weighted by molar-refractivity contribution is 7.92. The summed E-state index contributed by atoms with van der Waals surface area (Å²) in [5.74, 6) is -1.17. The van der Waals surface area contributed by atoms with Crippen molar-refractivity contribution in [3.63, 3.8) is 0 Å². The van der Waals surface area contributed by atoms with Crippen LogP contribution in [0.3, 0.4) is 0 Å². The number of nitrogens with zero attached hydrogens (tertiary/aromatic N) is 2. The molecule has 248 valence electrons. The molecule has 4 aromatic carbocycles. The van der Waals surface area contributed by atoms with E-state index in [1.807, 2.05) is 19.9 Å². The Bertz CT molecular complexity index is 1770. The van der Waals surface area contributed by atoms with Gasteiger partial charge in [-0.15, -0.1) is 0 Å². The first kappa shape index (κ1) is 35.5. The molecule has 2 amide bonds. The molecule has 4 aromatic rings. The summed E-state index contributed by atoms with van der Waals surface area (Å²) >= 11 is 6.25. The van der Waals surface area contributed by atoms with Gasteiger partial charge in [0, 0.05) is 24.5 Å². The van der Waals surface area contributed by atoms with E-state index in [2.05, 4.69) is 5.32 Å². The number of halogens is 4. The Kier molecular flexibility index (Phi) is 11.7. The van der Waals surface area contributed by atoms with E-state index in [1.54, 1.807) is 54.6 Å². The quantitative estimate of drug-likeness (QED) is 0.165. The Morgan fingerprint density at radius 1 is 0.830 bits per heavy atom. The van der Waals surface area contributed by atoms with Gasteiger partial charge in [-0.05, 0) is 59.5 Å². The molecule has 1 unspecified atom stereocenters. The minimum atomic E-state index is -4.77. The smallest absolute Gasteiger partial charge is 0.354 e. The van der Waals surface area contributed by atoms with Gasteiger partial charge in [0.25, 0.3) is 10.0 Å². The molecule has 0 spiro atoms. The number of amides is 2. The van der Waals surface area contributed by atoms with Gasteiger partial charge in [-0.25, -0.2) is 8.42 Å². The SMILES string of the molecule is CC(C)CNC(=O)C(Cc1ccccc1)N(Cc1cccc(Cl)c1)C(=O)CN(c1cccc(C(F)(F)F)c1)S(=O)(=O)c1ccccc1. The Morgan fingerprint density at radius 3 is 2.06 bits per heavy atom. The van der Waals surface area contributed by atoms with Crippen LogP contribution in [0.4, 0.5) is 18.9 Å². The minimum Gasteiger partial charge on any atom is -0.354 e. The van der Waals surface area contributed by atoms with Gasteiger partial charge in [0.05, 0.1) is 16.1 Å². The van der Waals surface area contributed by atoms with Crippen molar-refractivity contribution in [2.45, 2.75) is 43.9 Å². The fraction of sp³-hybridized carbons (Fsp3) is 0.257. The van der Waals surface area contributed by atoms with Crippen LogP contribution in [-0.2, 0) is 38.8 Å². The molecule has 0 bridgehead atoms. The first-order chi connectivity index (χ1) is 22.3. The summed E-state index contributed by atoms with van der Waals surface area (Å²) in [6, 6.07) is 25.5. The van der Waals surface area contributed by atoms with Crippen molar-refractivity contribution in [1.29, 1.82) is 0 Å². The lowest BCUT2D eigenvalue weighted by atomic mass is 10.0. The molecule has 0 saturated carbocycles. The Balaban J connectivity index is 1.83. The highest BCUT2D eigenvalue weighted by atomic mass is 35.5. The van der Waals surface area contributed by atoms with Crippen LogP contribution in [-0.4, -0.2) is 44.3 Å². The third-order valence-electron chi connectivity index (χ3n) is 7.27. The molecule has 12 heteroatoms. The highest BCUT2D eigenvalue weighted by Gasteiger charge is 2.36. The van der Waals surface area contributed by atoms with Gasteiger partial charge in [0.1, 0.15) is 12.6 Å². The molecule has 0 aliphatic carbocycles. The number of hydrogen-bond acceptors (Lipinski definition) is 4. The van der Waals surface area contributed by atoms with Gasteiger partial charge in [-0.2, -0.15) is 13.2 Å². The van der Waals surface area contributed by atoms with Crippen molar-refractivity contribution >= 4 is 39.1 Å². The highest BCUT2D eigenvalue weighted by Crippen LogP contribution is 2.33. The molecule has 4 rings (SSSR count). The lowest BCUT2D eigenvalue weighted by Gasteiger charge is -2.34. The van der Waals surface area contributed by atoms with Crippen molar-refractivity contribution in [3.05, 3.63) is 131 Å². The molecule has 7 nitrogen and oxygen atoms in total. The van der Waals surface area contributed by atoms with E-state index in [0.717, 1.165) is 17.7 Å². The lowest BCUT2D eigenvalue weighted by molar-refractivity contribution is -0.140. The maximum absolute atomic E-state index is 14.4. The van der Waals surface area contributed by atoms with Crippen molar-refractivity contribution < 1.29 is 31.2 Å². The Labute approximate surface area is 278 Å². The molecule has 1 atom stereocenters. The fourth-order valence-corrected chi connectivity index (χ4v) is 6.53. The summed E-state index contributed by atoms with van der Waals surface area (Å²) in [4.78, 5) is 29.3. The van der Waals surface area contributed by atoms with Crippen LogP contribution in [0.25, 0.3) is 0 Å². The predicted octanol–water partition coefficient (Wildman–Crippen LogP) is 6.97. The molecule has 1 N–H and O–H groups in total. The average Bonchev–Trinajstić information content (AvgIpc) is 3.04. The summed E-state index contributed by atoms with van der Waals surface area (Å²) in [6.45, 7) is 3.14. The van der Waals surface area contributed by atoms with Gasteiger partial charge in [-0.3, -0.25) is 13.9 Å². The summed E-state index contributed by atoms with van der Waals surface area (Å²) in [6.07, 6.45) is -4.68. The lowest BCUT2D eigenvalue weighted by Crippen LogP contribution is -2.53. The van der Waals surface area contributed by atoms with E-state index in [-0.39, 0.29) is 29.5 Å². The molecule has 0 aliphatic rings. The number of nitrogens with one attached hydrogen (secondary N) is 1. The maximum atomic E-state index is 14.4. The summed E-state index contributed by atoms with van der Waals surface area (Å²) in [5, 5.41) is 3.27. The second-order valence-corrected chi connectivity index (χ2v) is 13.7. The van der Waals surface area contributed by atoms with Gasteiger partial charge < -0.3 is 10.2 Å². The number of carbonyl (C=O) groups is 2. The zero-order valence-electron chi connectivity index (χ0n) is 25.8. The standard InChI is InChI=1S/C35H35ClF3N3O4S/c1-25(2)22-40-34(44)32(20-26-11-5-3-6-12-26)41(23-27-13-9-15-29(36)19-27)33(43)24-42(47(45,46)31-17-7-4-8-18-31)30-16-10-14-28(21-30)35(37,38)39/h3-19,21,25,32H,20,22-24H2,1-2H3,(H,40,44). The second kappa shape index (κ2) is 15.5. The van der Waals surface area contributed by atoms with Crippen LogP contribution in [0.1, 0.15) is 30.5 Å². The monoisotopic (exact) mass is 685 g/mol. The third kappa shape index (κ3) is 9.59. The van der Waals surface area contributed by atoms with E-state index >= 15 is 0 Å². The number of hydrogen-bond donors (Lipinski definition) is 1. The number of benzene rings is 4. The van der Waals surface area contributed by atoms with Crippen molar-refractivity contribution in [2.24, 2.45) is 5.92 Å². The van der Waals surface area contributed by atoms with Crippen molar-refractivity contribution in [2.75, 3.05) is 17.4 Å². The van der Waals surface area contributed by atoms with E-state index in [1.165, 1.54) is 35.2 Å². The van der Waals surface area contributed by atoms with Crippen LogP contribution >= 0.6 is 11.6 Å². The van der Waals surface area contributed by atoms with Crippen LogP contribution in [0.2, 0.25) is 5.02 Å². The largest absolute Gasteiger partial charge is 0.416 e. The average molecular weight is 686 g/mol. The second-order valence-electron chi connectivity index (χ2n) is 11.4. The van der Waals surface area contributed by atoms with Crippen molar-refractivity contribution in [3.8, 4) is 0 Å². The summed E-state index contributed by atoms with van der Waals surface area (Å²) < 4.78 is 69.9. The number of alkyl halides is 3. The van der Waals surface area contributed by atoms with E-state index < -0.39 is 46.2 Å². The number of rotatable bonds is 13. The van der Waals surface area contributed by atoms with Gasteiger partial charge in [0.15, 0.2) is 0 Å². The number of sulfonamides is 1. The zero-order valence-corrected chi connectivity index (χ0v) is 27.4. The number of carbonyl (C=O) groups excluding carboxylic acids is 2. The molecule has 0 radical (unpaired) electrons. The third-order valence-corrected chi connectivity index (χ3v) is 9.29. The molecular weight excluding hydrogens is 651 g/mol. The predicted molar refractivity (Wildman–Crippen MR) is 176 cm³/mol. The van der Waals surface area contributed by atoms with Crippen LogP contribution < -0.4 is 9.62 Å². The van der Waals surface area contributed by atoms with E-state index in [9.17, 15) is 31.2 Å². The molecule has 0 fully saturated rings. The molecule has 47 heavy (non-hydrogen) atoms. The normalized spacial score (nSPS) is 12.4. The minimum absolute atomic E-state index is 0.0894. The first-order valence-electron chi connectivity index (χ1n) is 14.9. The summed E-state index contributed by atoms with van der Waals surface area (Å²) in [5.41, 5.74) is -0.130. The van der Waals surface area contributed by atoms with Crippen LogP contribution in [0.15, 0.2) is 114 Å². The molecule has 0 aromatic heterocycles. The van der Waals surface area contributed by atoms with E-state index in [4.69, 9.17) is 11.6 Å². The van der Waals surface area contributed by atoms with Crippen LogP contribution in [0, 0.1) is 5.92 Å². The van der Waals surface area contributed by atoms with Crippen LogP contribution in [0.5, 0.6) is 0 Å². The first-order valence-corrected chi connectivity index (χ1v) is 16.7. The fourth-order valence-electron chi connectivity index (χ4n) is 4.89. The van der Waals surface area contributed by atoms with Gasteiger partial charge in [0.2, 0.25) is 11.8 Å². The van der Waals surface area contributed by atoms with Crippen molar-refractivity contribution in [1.82, 2.24) is 10.2 Å². The zero-order chi connectivity index (χ0) is 34.2. The molecule has 0 saturated heterocycles. The molecule has 0 aliphatic heterocycles. The number of anilines is 1. The molecular formula is C35H35ClF3N3O4S.